The fourth-order valence-corrected chi connectivity index (χ4v) is 4.20. The van der Waals surface area contributed by atoms with Gasteiger partial charge in [0.15, 0.2) is 0 Å². The Morgan fingerprint density at radius 3 is 2.22 bits per heavy atom. The Balaban J connectivity index is 2.14. The van der Waals surface area contributed by atoms with Crippen molar-refractivity contribution in [2.45, 2.75) is 38.6 Å². The molecule has 27 heavy (non-hydrogen) atoms. The highest BCUT2D eigenvalue weighted by molar-refractivity contribution is 7.89. The molecule has 7 heteroatoms. The third-order valence-corrected chi connectivity index (χ3v) is 6.57. The van der Waals surface area contributed by atoms with Gasteiger partial charge in [-0.15, -0.1) is 0 Å². The van der Waals surface area contributed by atoms with E-state index in [4.69, 9.17) is 0 Å². The monoisotopic (exact) mass is 392 g/mol. The minimum Gasteiger partial charge on any atom is -0.346 e. The third-order valence-electron chi connectivity index (χ3n) is 4.50. The molecule has 0 saturated carbocycles. The third kappa shape index (κ3) is 4.73. The maximum Gasteiger partial charge on any atom is 0.251 e. The summed E-state index contributed by atoms with van der Waals surface area (Å²) in [5, 5.41) is 2.80. The van der Waals surface area contributed by atoms with Gasteiger partial charge in [-0.05, 0) is 49.2 Å². The van der Waals surface area contributed by atoms with E-state index in [2.05, 4.69) is 5.32 Å². The molecule has 0 heterocycles. The molecular weight excluding hydrogens is 367 g/mol. The summed E-state index contributed by atoms with van der Waals surface area (Å²) in [6.45, 7) is 7.81. The number of carbonyl (C=O) groups excluding carboxylic acids is 1. The molecule has 1 N–H and O–H groups in total. The lowest BCUT2D eigenvalue weighted by Crippen LogP contribution is -2.30. The molecule has 0 aliphatic rings. The fourth-order valence-electron chi connectivity index (χ4n) is 2.74. The van der Waals surface area contributed by atoms with Crippen LogP contribution >= 0.6 is 0 Å². The van der Waals surface area contributed by atoms with E-state index in [1.54, 1.807) is 52.0 Å². The van der Waals surface area contributed by atoms with Gasteiger partial charge >= 0.3 is 0 Å². The highest BCUT2D eigenvalue weighted by Crippen LogP contribution is 2.20. The summed E-state index contributed by atoms with van der Waals surface area (Å²) in [5.74, 6) is -0.817. The Hall–Kier alpha value is -2.25. The Kier molecular flexibility index (Phi) is 6.73. The van der Waals surface area contributed by atoms with Crippen LogP contribution in [0, 0.1) is 12.7 Å². The molecule has 0 fully saturated rings. The van der Waals surface area contributed by atoms with Crippen LogP contribution in [0.1, 0.15) is 48.3 Å². The van der Waals surface area contributed by atoms with Gasteiger partial charge < -0.3 is 5.32 Å². The lowest BCUT2D eigenvalue weighted by atomic mass is 10.1. The molecule has 1 atom stereocenters. The van der Waals surface area contributed by atoms with E-state index in [1.807, 2.05) is 0 Å². The predicted octanol–water partition coefficient (Wildman–Crippen LogP) is 3.66. The zero-order chi connectivity index (χ0) is 20.2. The van der Waals surface area contributed by atoms with Crippen LogP contribution in [-0.2, 0) is 10.0 Å². The minimum absolute atomic E-state index is 0.217. The lowest BCUT2D eigenvalue weighted by molar-refractivity contribution is 0.0939. The molecule has 0 saturated heterocycles. The van der Waals surface area contributed by atoms with E-state index in [0.717, 1.165) is 5.56 Å². The molecule has 2 rings (SSSR count). The van der Waals surface area contributed by atoms with Gasteiger partial charge in [-0.25, -0.2) is 12.8 Å². The van der Waals surface area contributed by atoms with Crippen molar-refractivity contribution >= 4 is 15.9 Å². The predicted molar refractivity (Wildman–Crippen MR) is 104 cm³/mol. The number of nitrogens with one attached hydrogen (secondary N) is 1. The number of rotatable bonds is 7. The number of nitrogens with zero attached hydrogens (tertiary/aromatic N) is 1. The smallest absolute Gasteiger partial charge is 0.251 e. The van der Waals surface area contributed by atoms with E-state index in [-0.39, 0.29) is 22.4 Å². The number of amides is 1. The van der Waals surface area contributed by atoms with Gasteiger partial charge in [0.1, 0.15) is 5.82 Å². The zero-order valence-corrected chi connectivity index (χ0v) is 16.8. The molecule has 0 spiro atoms. The average molecular weight is 392 g/mol. The second kappa shape index (κ2) is 8.63. The lowest BCUT2D eigenvalue weighted by Gasteiger charge is -2.19. The summed E-state index contributed by atoms with van der Waals surface area (Å²) < 4.78 is 40.1. The molecule has 2 aromatic rings. The number of aryl methyl sites for hydroxylation is 1. The van der Waals surface area contributed by atoms with Crippen molar-refractivity contribution in [1.82, 2.24) is 9.62 Å². The molecular formula is C20H25FN2O3S. The zero-order valence-electron chi connectivity index (χ0n) is 16.0. The number of hydrogen-bond donors (Lipinski definition) is 1. The van der Waals surface area contributed by atoms with Crippen molar-refractivity contribution < 1.29 is 17.6 Å². The van der Waals surface area contributed by atoms with E-state index >= 15 is 0 Å². The van der Waals surface area contributed by atoms with Crippen molar-refractivity contribution in [3.05, 3.63) is 65.0 Å². The van der Waals surface area contributed by atoms with Crippen LogP contribution < -0.4 is 5.32 Å². The Labute approximate surface area is 160 Å². The molecule has 0 aliphatic carbocycles. The Morgan fingerprint density at radius 2 is 1.70 bits per heavy atom. The molecule has 146 valence electrons. The van der Waals surface area contributed by atoms with Crippen LogP contribution in [0.15, 0.2) is 47.4 Å². The SMILES string of the molecule is CCN(CC)S(=O)(=O)c1ccc(C(C)NC(=O)c2ccc(C)c(F)c2)cc1. The van der Waals surface area contributed by atoms with Gasteiger partial charge in [-0.2, -0.15) is 4.31 Å². The largest absolute Gasteiger partial charge is 0.346 e. The van der Waals surface area contributed by atoms with Crippen LogP contribution in [0.2, 0.25) is 0 Å². The first kappa shape index (κ1) is 21.1. The van der Waals surface area contributed by atoms with Crippen LogP contribution in [0.25, 0.3) is 0 Å². The highest BCUT2D eigenvalue weighted by Gasteiger charge is 2.21. The van der Waals surface area contributed by atoms with E-state index < -0.39 is 15.8 Å². The number of benzene rings is 2. The van der Waals surface area contributed by atoms with Crippen molar-refractivity contribution in [3.8, 4) is 0 Å². The fraction of sp³-hybridized carbons (Fsp3) is 0.350. The number of halogens is 1. The first-order chi connectivity index (χ1) is 12.7. The van der Waals surface area contributed by atoms with Crippen LogP contribution in [0.4, 0.5) is 4.39 Å². The molecule has 0 aromatic heterocycles. The van der Waals surface area contributed by atoms with Crippen molar-refractivity contribution in [3.63, 3.8) is 0 Å². The van der Waals surface area contributed by atoms with E-state index in [0.29, 0.717) is 18.7 Å². The maximum atomic E-state index is 13.6. The molecule has 2 aromatic carbocycles. The van der Waals surface area contributed by atoms with Gasteiger partial charge in [-0.1, -0.05) is 32.0 Å². The van der Waals surface area contributed by atoms with Crippen LogP contribution in [-0.4, -0.2) is 31.7 Å². The van der Waals surface area contributed by atoms with Crippen molar-refractivity contribution in [1.29, 1.82) is 0 Å². The minimum atomic E-state index is -3.51. The van der Waals surface area contributed by atoms with Gasteiger partial charge in [0.05, 0.1) is 10.9 Å². The highest BCUT2D eigenvalue weighted by atomic mass is 32.2. The molecule has 5 nitrogen and oxygen atoms in total. The summed E-state index contributed by atoms with van der Waals surface area (Å²) in [5.41, 5.74) is 1.48. The van der Waals surface area contributed by atoms with Gasteiger partial charge in [-0.3, -0.25) is 4.79 Å². The normalized spacial score (nSPS) is 12.8. The van der Waals surface area contributed by atoms with Crippen molar-refractivity contribution in [2.24, 2.45) is 0 Å². The molecule has 0 bridgehead atoms. The first-order valence-corrected chi connectivity index (χ1v) is 10.3. The molecule has 1 unspecified atom stereocenters. The first-order valence-electron chi connectivity index (χ1n) is 8.87. The summed E-state index contributed by atoms with van der Waals surface area (Å²) >= 11 is 0. The van der Waals surface area contributed by atoms with Crippen LogP contribution in [0.3, 0.4) is 0 Å². The number of carbonyl (C=O) groups is 1. The summed E-state index contributed by atoms with van der Waals surface area (Å²) in [7, 11) is -3.51. The van der Waals surface area contributed by atoms with E-state index in [9.17, 15) is 17.6 Å². The molecule has 0 aliphatic heterocycles. The number of sulfonamides is 1. The Bertz CT molecular complexity index is 907. The quantitative estimate of drug-likeness (QED) is 0.782. The Morgan fingerprint density at radius 1 is 1.11 bits per heavy atom. The second-order valence-corrected chi connectivity index (χ2v) is 8.26. The topological polar surface area (TPSA) is 66.5 Å². The van der Waals surface area contributed by atoms with Crippen LogP contribution in [0.5, 0.6) is 0 Å². The summed E-state index contributed by atoms with van der Waals surface area (Å²) in [4.78, 5) is 12.5. The van der Waals surface area contributed by atoms with E-state index in [1.165, 1.54) is 22.5 Å². The molecule has 1 amide bonds. The molecule has 0 radical (unpaired) electrons. The second-order valence-electron chi connectivity index (χ2n) is 6.32. The summed E-state index contributed by atoms with van der Waals surface area (Å²) in [6, 6.07) is 10.4. The van der Waals surface area contributed by atoms with Gasteiger partial charge in [0.25, 0.3) is 5.91 Å². The van der Waals surface area contributed by atoms with Gasteiger partial charge in [0, 0.05) is 18.7 Å². The average Bonchev–Trinajstić information content (AvgIpc) is 2.64. The number of hydrogen-bond acceptors (Lipinski definition) is 3. The van der Waals surface area contributed by atoms with Crippen molar-refractivity contribution in [2.75, 3.05) is 13.1 Å². The standard InChI is InChI=1S/C20H25FN2O3S/c1-5-23(6-2)27(25,26)18-11-9-16(10-12-18)15(4)22-20(24)17-8-7-14(3)19(21)13-17/h7-13,15H,5-6H2,1-4H3,(H,22,24). The maximum absolute atomic E-state index is 13.6. The summed E-state index contributed by atoms with van der Waals surface area (Å²) in [6.07, 6.45) is 0. The van der Waals surface area contributed by atoms with Gasteiger partial charge in [0.2, 0.25) is 10.0 Å².